The minimum atomic E-state index is 0.475. The summed E-state index contributed by atoms with van der Waals surface area (Å²) in [6.45, 7) is 3.44. The minimum absolute atomic E-state index is 0.475. The number of ether oxygens (including phenoxy) is 1. The van der Waals surface area contributed by atoms with Crippen molar-refractivity contribution in [3.8, 4) is 18.2 Å². The van der Waals surface area contributed by atoms with Gasteiger partial charge < -0.3 is 10.1 Å². The lowest BCUT2D eigenvalue weighted by molar-refractivity contribution is 0.313. The van der Waals surface area contributed by atoms with Gasteiger partial charge in [0.25, 0.3) is 0 Å². The number of hydrogen-bond acceptors (Lipinski definition) is 4. The van der Waals surface area contributed by atoms with Crippen LogP contribution in [0.15, 0.2) is 12.4 Å². The van der Waals surface area contributed by atoms with Crippen LogP contribution < -0.4 is 10.1 Å². The number of anilines is 1. The van der Waals surface area contributed by atoms with Gasteiger partial charge in [0.15, 0.2) is 0 Å². The molecule has 0 aromatic carbocycles. The van der Waals surface area contributed by atoms with Crippen LogP contribution in [0, 0.1) is 12.3 Å². The fourth-order valence-electron chi connectivity index (χ4n) is 0.970. The summed E-state index contributed by atoms with van der Waals surface area (Å²) in [4.78, 5) is 8.23. The van der Waals surface area contributed by atoms with Crippen molar-refractivity contribution in [3.63, 3.8) is 0 Å². The van der Waals surface area contributed by atoms with Gasteiger partial charge in [-0.3, -0.25) is 4.98 Å². The smallest absolute Gasteiger partial charge is 0.234 e. The molecular weight excluding hydrogens is 190 g/mol. The molecular formula is C11H15N3O. The Morgan fingerprint density at radius 1 is 1.53 bits per heavy atom. The van der Waals surface area contributed by atoms with Crippen molar-refractivity contribution >= 4 is 5.82 Å². The number of terminal acetylenes is 1. The van der Waals surface area contributed by atoms with Gasteiger partial charge in [0.2, 0.25) is 5.88 Å². The normalized spacial score (nSPS) is 9.33. The van der Waals surface area contributed by atoms with Gasteiger partial charge in [-0.05, 0) is 6.42 Å². The maximum absolute atomic E-state index is 5.31. The van der Waals surface area contributed by atoms with Crippen LogP contribution in [0.4, 0.5) is 5.82 Å². The third-order valence-electron chi connectivity index (χ3n) is 1.66. The summed E-state index contributed by atoms with van der Waals surface area (Å²) in [5.41, 5.74) is 0. The maximum Gasteiger partial charge on any atom is 0.234 e. The summed E-state index contributed by atoms with van der Waals surface area (Å²) in [6, 6.07) is 0. The standard InChI is InChI=1S/C11H15N3O/c1-3-5-7-15-11-9-12-8-10(14-11)13-6-4-2/h1,8-9H,4-7H2,2H3,(H,13,14). The molecule has 0 unspecified atom stereocenters. The quantitative estimate of drug-likeness (QED) is 0.567. The SMILES string of the molecule is C#CCCOc1cncc(NCCC)n1. The van der Waals surface area contributed by atoms with E-state index in [9.17, 15) is 0 Å². The van der Waals surface area contributed by atoms with Crippen molar-refractivity contribution in [1.82, 2.24) is 9.97 Å². The molecule has 0 aliphatic rings. The van der Waals surface area contributed by atoms with Crippen molar-refractivity contribution in [2.75, 3.05) is 18.5 Å². The van der Waals surface area contributed by atoms with Gasteiger partial charge >= 0.3 is 0 Å². The van der Waals surface area contributed by atoms with Gasteiger partial charge in [0.1, 0.15) is 12.4 Å². The first kappa shape index (κ1) is 11.3. The van der Waals surface area contributed by atoms with Crippen molar-refractivity contribution in [2.24, 2.45) is 0 Å². The average Bonchev–Trinajstić information content (AvgIpc) is 2.27. The Labute approximate surface area is 90.1 Å². The molecule has 1 rings (SSSR count). The van der Waals surface area contributed by atoms with Crippen molar-refractivity contribution in [3.05, 3.63) is 12.4 Å². The van der Waals surface area contributed by atoms with Gasteiger partial charge in [-0.2, -0.15) is 4.98 Å². The van der Waals surface area contributed by atoms with Crippen LogP contribution >= 0.6 is 0 Å². The monoisotopic (exact) mass is 205 g/mol. The molecule has 0 spiro atoms. The fourth-order valence-corrected chi connectivity index (χ4v) is 0.970. The molecule has 0 aliphatic heterocycles. The molecule has 1 aromatic rings. The van der Waals surface area contributed by atoms with Crippen LogP contribution in [-0.2, 0) is 0 Å². The highest BCUT2D eigenvalue weighted by Crippen LogP contribution is 2.08. The third kappa shape index (κ3) is 4.32. The molecule has 0 saturated heterocycles. The Balaban J connectivity index is 2.47. The first-order chi connectivity index (χ1) is 7.36. The first-order valence-corrected chi connectivity index (χ1v) is 4.99. The molecule has 4 heteroatoms. The van der Waals surface area contributed by atoms with Gasteiger partial charge in [0, 0.05) is 13.0 Å². The molecule has 0 radical (unpaired) electrons. The molecule has 4 nitrogen and oxygen atoms in total. The van der Waals surface area contributed by atoms with Gasteiger partial charge in [-0.15, -0.1) is 12.3 Å². The zero-order valence-corrected chi connectivity index (χ0v) is 8.86. The highest BCUT2D eigenvalue weighted by molar-refractivity contribution is 5.32. The number of nitrogens with zero attached hydrogens (tertiary/aromatic N) is 2. The topological polar surface area (TPSA) is 47.0 Å². The Hall–Kier alpha value is -1.76. The van der Waals surface area contributed by atoms with Crippen LogP contribution in [0.5, 0.6) is 5.88 Å². The molecule has 15 heavy (non-hydrogen) atoms. The summed E-state index contributed by atoms with van der Waals surface area (Å²) in [6.07, 6.45) is 9.98. The molecule has 1 N–H and O–H groups in total. The van der Waals surface area contributed by atoms with E-state index in [0.29, 0.717) is 18.9 Å². The zero-order valence-electron chi connectivity index (χ0n) is 8.86. The summed E-state index contributed by atoms with van der Waals surface area (Å²) in [5, 5.41) is 3.13. The molecule has 0 atom stereocenters. The molecule has 80 valence electrons. The van der Waals surface area contributed by atoms with E-state index in [1.165, 1.54) is 0 Å². The van der Waals surface area contributed by atoms with E-state index in [0.717, 1.165) is 18.8 Å². The Morgan fingerprint density at radius 2 is 2.40 bits per heavy atom. The fraction of sp³-hybridized carbons (Fsp3) is 0.455. The Bertz CT molecular complexity index is 333. The molecule has 1 aromatic heterocycles. The summed E-state index contributed by atoms with van der Waals surface area (Å²) in [7, 11) is 0. The number of hydrogen-bond donors (Lipinski definition) is 1. The maximum atomic E-state index is 5.31. The van der Waals surface area contributed by atoms with E-state index in [-0.39, 0.29) is 0 Å². The van der Waals surface area contributed by atoms with E-state index in [1.807, 2.05) is 0 Å². The van der Waals surface area contributed by atoms with Crippen LogP contribution in [0.1, 0.15) is 19.8 Å². The largest absolute Gasteiger partial charge is 0.476 e. The lowest BCUT2D eigenvalue weighted by Gasteiger charge is -2.06. The zero-order chi connectivity index (χ0) is 10.9. The third-order valence-corrected chi connectivity index (χ3v) is 1.66. The van der Waals surface area contributed by atoms with Crippen LogP contribution in [0.2, 0.25) is 0 Å². The molecule has 1 heterocycles. The predicted octanol–water partition coefficient (Wildman–Crippen LogP) is 1.70. The molecule has 0 amide bonds. The van der Waals surface area contributed by atoms with Crippen molar-refractivity contribution in [2.45, 2.75) is 19.8 Å². The number of aromatic nitrogens is 2. The Morgan fingerprint density at radius 3 is 3.13 bits per heavy atom. The van der Waals surface area contributed by atoms with Gasteiger partial charge in [-0.1, -0.05) is 6.92 Å². The first-order valence-electron chi connectivity index (χ1n) is 4.99. The minimum Gasteiger partial charge on any atom is -0.476 e. The second-order valence-electron chi connectivity index (χ2n) is 2.97. The van der Waals surface area contributed by atoms with Gasteiger partial charge in [0.05, 0.1) is 12.4 Å². The van der Waals surface area contributed by atoms with Crippen LogP contribution in [-0.4, -0.2) is 23.1 Å². The van der Waals surface area contributed by atoms with Crippen LogP contribution in [0.3, 0.4) is 0 Å². The van der Waals surface area contributed by atoms with Crippen molar-refractivity contribution < 1.29 is 4.74 Å². The number of rotatable bonds is 6. The molecule has 0 aliphatic carbocycles. The van der Waals surface area contributed by atoms with Crippen molar-refractivity contribution in [1.29, 1.82) is 0 Å². The lowest BCUT2D eigenvalue weighted by atomic mass is 10.5. The van der Waals surface area contributed by atoms with Gasteiger partial charge in [-0.25, -0.2) is 0 Å². The number of nitrogens with one attached hydrogen (secondary N) is 1. The van der Waals surface area contributed by atoms with E-state index in [4.69, 9.17) is 11.2 Å². The molecule has 0 saturated carbocycles. The second kappa shape index (κ2) is 6.66. The lowest BCUT2D eigenvalue weighted by Crippen LogP contribution is -2.04. The predicted molar refractivity (Wildman–Crippen MR) is 59.8 cm³/mol. The van der Waals surface area contributed by atoms with Crippen LogP contribution in [0.25, 0.3) is 0 Å². The average molecular weight is 205 g/mol. The Kier molecular flexibility index (Phi) is 5.02. The summed E-state index contributed by atoms with van der Waals surface area (Å²) < 4.78 is 5.31. The highest BCUT2D eigenvalue weighted by Gasteiger charge is 1.98. The summed E-state index contributed by atoms with van der Waals surface area (Å²) in [5.74, 6) is 3.74. The second-order valence-corrected chi connectivity index (χ2v) is 2.97. The van der Waals surface area contributed by atoms with E-state index < -0.39 is 0 Å². The molecule has 0 bridgehead atoms. The van der Waals surface area contributed by atoms with E-state index in [2.05, 4.69) is 28.1 Å². The summed E-state index contributed by atoms with van der Waals surface area (Å²) >= 11 is 0. The highest BCUT2D eigenvalue weighted by atomic mass is 16.5. The molecule has 0 fully saturated rings. The van der Waals surface area contributed by atoms with E-state index >= 15 is 0 Å². The van der Waals surface area contributed by atoms with E-state index in [1.54, 1.807) is 12.4 Å².